The Hall–Kier alpha value is -1.40. The minimum atomic E-state index is 0.714. The average molecular weight is 308 g/mol. The lowest BCUT2D eigenvalue weighted by atomic mass is 10.3. The number of aromatic nitrogens is 2. The van der Waals surface area contributed by atoms with Crippen molar-refractivity contribution in [2.45, 2.75) is 33.1 Å². The summed E-state index contributed by atoms with van der Waals surface area (Å²) in [4.78, 5) is 11.5. The van der Waals surface area contributed by atoms with Crippen molar-refractivity contribution in [3.63, 3.8) is 0 Å². The summed E-state index contributed by atoms with van der Waals surface area (Å²) in [5, 5.41) is 7.82. The third kappa shape index (κ3) is 4.54. The summed E-state index contributed by atoms with van der Waals surface area (Å²) in [6.07, 6.45) is 3.19. The molecule has 0 saturated heterocycles. The van der Waals surface area contributed by atoms with Gasteiger partial charge < -0.3 is 15.4 Å². The molecule has 0 unspecified atom stereocenters. The number of unbranched alkanes of at least 4 members (excludes halogenated alkanes) is 1. The molecular weight excluding hydrogens is 284 g/mol. The fourth-order valence-electron chi connectivity index (χ4n) is 2.07. The van der Waals surface area contributed by atoms with Crippen molar-refractivity contribution in [1.82, 2.24) is 9.97 Å². The van der Waals surface area contributed by atoms with Crippen molar-refractivity contribution in [1.29, 1.82) is 0 Å². The molecule has 0 amide bonds. The molecule has 2 heterocycles. The van der Waals surface area contributed by atoms with Gasteiger partial charge in [-0.25, -0.2) is 4.98 Å². The van der Waals surface area contributed by atoms with Gasteiger partial charge in [0.05, 0.1) is 5.39 Å². The Morgan fingerprint density at radius 1 is 1.19 bits per heavy atom. The number of fused-ring (bicyclic) bond motifs is 1. The van der Waals surface area contributed by atoms with Gasteiger partial charge in [0.1, 0.15) is 10.6 Å². The molecule has 21 heavy (non-hydrogen) atoms. The third-order valence-corrected chi connectivity index (χ3v) is 4.06. The molecule has 2 rings (SSSR count). The van der Waals surface area contributed by atoms with E-state index in [9.17, 15) is 0 Å². The molecule has 0 aliphatic rings. The number of thiophene rings is 1. The molecule has 5 nitrogen and oxygen atoms in total. The largest absolute Gasteiger partial charge is 0.385 e. The highest BCUT2D eigenvalue weighted by molar-refractivity contribution is 7.18. The summed E-state index contributed by atoms with van der Waals surface area (Å²) in [5.41, 5.74) is 0. The second kappa shape index (κ2) is 8.14. The number of nitrogens with one attached hydrogen (secondary N) is 2. The van der Waals surface area contributed by atoms with Gasteiger partial charge in [0.25, 0.3) is 0 Å². The van der Waals surface area contributed by atoms with Gasteiger partial charge in [-0.1, -0.05) is 6.92 Å². The molecule has 0 aliphatic heterocycles. The maximum absolute atomic E-state index is 5.07. The molecule has 0 atom stereocenters. The monoisotopic (exact) mass is 308 g/mol. The van der Waals surface area contributed by atoms with E-state index in [1.165, 1.54) is 4.88 Å². The lowest BCUT2D eigenvalue weighted by Gasteiger charge is -2.09. The van der Waals surface area contributed by atoms with Crippen molar-refractivity contribution in [3.05, 3.63) is 10.9 Å². The summed E-state index contributed by atoms with van der Waals surface area (Å²) in [6.45, 7) is 6.84. The van der Waals surface area contributed by atoms with Crippen LogP contribution < -0.4 is 10.6 Å². The van der Waals surface area contributed by atoms with Crippen molar-refractivity contribution in [3.8, 4) is 0 Å². The first-order valence-electron chi connectivity index (χ1n) is 7.49. The molecule has 0 saturated carbocycles. The van der Waals surface area contributed by atoms with Crippen molar-refractivity contribution in [2.75, 3.05) is 37.4 Å². The molecule has 0 aliphatic carbocycles. The summed E-state index contributed by atoms with van der Waals surface area (Å²) in [7, 11) is 1.74. The first kappa shape index (κ1) is 16.0. The van der Waals surface area contributed by atoms with E-state index in [-0.39, 0.29) is 0 Å². The zero-order valence-corrected chi connectivity index (χ0v) is 13.8. The number of methoxy groups -OCH3 is 1. The Morgan fingerprint density at radius 3 is 2.81 bits per heavy atom. The van der Waals surface area contributed by atoms with Crippen LogP contribution in [0.25, 0.3) is 10.2 Å². The molecule has 6 heteroatoms. The van der Waals surface area contributed by atoms with Crippen LogP contribution >= 0.6 is 11.3 Å². The van der Waals surface area contributed by atoms with E-state index < -0.39 is 0 Å². The van der Waals surface area contributed by atoms with E-state index in [2.05, 4.69) is 40.5 Å². The third-order valence-electron chi connectivity index (χ3n) is 3.12. The van der Waals surface area contributed by atoms with Gasteiger partial charge in [-0.3, -0.25) is 0 Å². The normalized spacial score (nSPS) is 11.0. The molecule has 0 bridgehead atoms. The Bertz CT molecular complexity index is 570. The number of ether oxygens (including phenoxy) is 1. The minimum Gasteiger partial charge on any atom is -0.385 e. The number of rotatable bonds is 9. The average Bonchev–Trinajstić information content (AvgIpc) is 2.85. The summed E-state index contributed by atoms with van der Waals surface area (Å²) in [5.74, 6) is 1.64. The minimum absolute atomic E-state index is 0.714. The summed E-state index contributed by atoms with van der Waals surface area (Å²) < 4.78 is 5.07. The second-order valence-electron chi connectivity index (χ2n) is 5.03. The highest BCUT2D eigenvalue weighted by atomic mass is 32.1. The molecule has 0 spiro atoms. The van der Waals surface area contributed by atoms with Gasteiger partial charge in [-0.2, -0.15) is 4.98 Å². The van der Waals surface area contributed by atoms with Crippen LogP contribution in [0.5, 0.6) is 0 Å². The Labute approximate surface area is 130 Å². The van der Waals surface area contributed by atoms with Crippen molar-refractivity contribution >= 4 is 33.3 Å². The lowest BCUT2D eigenvalue weighted by Crippen LogP contribution is -2.09. The smallest absolute Gasteiger partial charge is 0.226 e. The fourth-order valence-corrected chi connectivity index (χ4v) is 2.95. The van der Waals surface area contributed by atoms with E-state index in [1.54, 1.807) is 18.4 Å². The SMILES string of the molecule is CCCNc1nc(NCCCCOC)c2cc(C)sc2n1. The van der Waals surface area contributed by atoms with Crippen LogP contribution in [0.15, 0.2) is 6.07 Å². The van der Waals surface area contributed by atoms with E-state index in [0.29, 0.717) is 5.95 Å². The van der Waals surface area contributed by atoms with Crippen molar-refractivity contribution < 1.29 is 4.74 Å². The van der Waals surface area contributed by atoms with Crippen molar-refractivity contribution in [2.24, 2.45) is 0 Å². The molecular formula is C15H24N4OS. The van der Waals surface area contributed by atoms with Crippen LogP contribution in [-0.2, 0) is 4.74 Å². The predicted octanol–water partition coefficient (Wildman–Crippen LogP) is 3.66. The molecule has 0 radical (unpaired) electrons. The van der Waals surface area contributed by atoms with Gasteiger partial charge in [0.2, 0.25) is 5.95 Å². The van der Waals surface area contributed by atoms with E-state index in [1.807, 2.05) is 0 Å². The van der Waals surface area contributed by atoms with Gasteiger partial charge in [0.15, 0.2) is 0 Å². The number of hydrogen-bond acceptors (Lipinski definition) is 6. The Kier molecular flexibility index (Phi) is 6.20. The molecule has 0 aromatic carbocycles. The molecule has 116 valence electrons. The number of hydrogen-bond donors (Lipinski definition) is 2. The second-order valence-corrected chi connectivity index (χ2v) is 6.26. The maximum Gasteiger partial charge on any atom is 0.226 e. The Morgan fingerprint density at radius 2 is 2.05 bits per heavy atom. The highest BCUT2D eigenvalue weighted by Crippen LogP contribution is 2.29. The molecule has 2 aromatic heterocycles. The van der Waals surface area contributed by atoms with Gasteiger partial charge in [-0.15, -0.1) is 11.3 Å². The maximum atomic E-state index is 5.07. The number of aryl methyl sites for hydroxylation is 1. The van der Waals surface area contributed by atoms with E-state index >= 15 is 0 Å². The molecule has 0 fully saturated rings. The van der Waals surface area contributed by atoms with Crippen LogP contribution in [-0.4, -0.2) is 36.8 Å². The van der Waals surface area contributed by atoms with Crippen LogP contribution in [0.2, 0.25) is 0 Å². The zero-order valence-electron chi connectivity index (χ0n) is 13.0. The van der Waals surface area contributed by atoms with Crippen LogP contribution in [0.4, 0.5) is 11.8 Å². The number of anilines is 2. The topological polar surface area (TPSA) is 59.1 Å². The summed E-state index contributed by atoms with van der Waals surface area (Å²) in [6, 6.07) is 2.15. The molecule has 2 aromatic rings. The fraction of sp³-hybridized carbons (Fsp3) is 0.600. The van der Waals surface area contributed by atoms with Crippen LogP contribution in [0.1, 0.15) is 31.1 Å². The Balaban J connectivity index is 2.10. The van der Waals surface area contributed by atoms with Crippen LogP contribution in [0, 0.1) is 6.92 Å². The molecule has 2 N–H and O–H groups in total. The number of nitrogens with zero attached hydrogens (tertiary/aromatic N) is 2. The summed E-state index contributed by atoms with van der Waals surface area (Å²) >= 11 is 1.71. The van der Waals surface area contributed by atoms with Gasteiger partial charge in [-0.05, 0) is 32.3 Å². The van der Waals surface area contributed by atoms with Gasteiger partial charge in [0, 0.05) is 31.7 Å². The van der Waals surface area contributed by atoms with Crippen LogP contribution in [0.3, 0.4) is 0 Å². The standard InChI is InChI=1S/C15H24N4OS/c1-4-7-17-15-18-13(16-8-5-6-9-20-3)12-10-11(2)21-14(12)19-15/h10H,4-9H2,1-3H3,(H2,16,17,18,19). The lowest BCUT2D eigenvalue weighted by molar-refractivity contribution is 0.194. The quantitative estimate of drug-likeness (QED) is 0.692. The van der Waals surface area contributed by atoms with Gasteiger partial charge >= 0.3 is 0 Å². The van der Waals surface area contributed by atoms with E-state index in [0.717, 1.165) is 55.0 Å². The predicted molar refractivity (Wildman–Crippen MR) is 90.5 cm³/mol. The zero-order chi connectivity index (χ0) is 15.1. The first-order valence-corrected chi connectivity index (χ1v) is 8.31. The first-order chi connectivity index (χ1) is 10.2. The highest BCUT2D eigenvalue weighted by Gasteiger charge is 2.10. The van der Waals surface area contributed by atoms with E-state index in [4.69, 9.17) is 4.74 Å².